The molecule has 1 atom stereocenters. The molecule has 0 aliphatic heterocycles. The Morgan fingerprint density at radius 1 is 1.00 bits per heavy atom. The molecule has 0 bridgehead atoms. The van der Waals surface area contributed by atoms with Crippen LogP contribution < -0.4 is 0 Å². The number of benzene rings is 2. The van der Waals surface area contributed by atoms with Crippen molar-refractivity contribution >= 4 is 5.91 Å². The molecule has 0 saturated heterocycles. The monoisotopic (exact) mass is 442 g/mol. The standard InChI is InChI=1S/C26H29F3N2O/c1-18(2)20(4)31(25(32)22-10-12-23(13-11-22)26(27,28)29)17-24-9-6-14-30(24)16-21-8-5-7-19(3)15-21/h5-15,18,20H,16-17H2,1-4H3. The van der Waals surface area contributed by atoms with Crippen LogP contribution in [0, 0.1) is 12.8 Å². The van der Waals surface area contributed by atoms with E-state index in [9.17, 15) is 18.0 Å². The highest BCUT2D eigenvalue weighted by Crippen LogP contribution is 2.29. The van der Waals surface area contributed by atoms with E-state index in [1.54, 1.807) is 4.90 Å². The summed E-state index contributed by atoms with van der Waals surface area (Å²) in [6.45, 7) is 9.14. The fraction of sp³-hybridized carbons (Fsp3) is 0.346. The number of halogens is 3. The highest BCUT2D eigenvalue weighted by Gasteiger charge is 2.31. The van der Waals surface area contributed by atoms with Crippen molar-refractivity contribution in [2.24, 2.45) is 5.92 Å². The molecule has 0 aliphatic carbocycles. The zero-order valence-corrected chi connectivity index (χ0v) is 18.9. The number of aryl methyl sites for hydroxylation is 1. The van der Waals surface area contributed by atoms with Crippen LogP contribution in [-0.2, 0) is 19.3 Å². The average Bonchev–Trinajstić information content (AvgIpc) is 3.17. The third-order valence-electron chi connectivity index (χ3n) is 5.87. The zero-order chi connectivity index (χ0) is 23.5. The predicted molar refractivity (Wildman–Crippen MR) is 120 cm³/mol. The number of carbonyl (C=O) groups excluding carboxylic acids is 1. The molecular weight excluding hydrogens is 413 g/mol. The van der Waals surface area contributed by atoms with Crippen molar-refractivity contribution in [3.63, 3.8) is 0 Å². The van der Waals surface area contributed by atoms with E-state index in [0.717, 1.165) is 17.8 Å². The summed E-state index contributed by atoms with van der Waals surface area (Å²) < 4.78 is 40.9. The number of nitrogens with zero attached hydrogens (tertiary/aromatic N) is 2. The molecule has 6 heteroatoms. The third kappa shape index (κ3) is 5.61. The molecule has 2 aromatic carbocycles. The van der Waals surface area contributed by atoms with E-state index in [-0.39, 0.29) is 23.4 Å². The molecule has 0 saturated carbocycles. The van der Waals surface area contributed by atoms with Crippen LogP contribution in [0.1, 0.15) is 53.5 Å². The first-order valence-electron chi connectivity index (χ1n) is 10.7. The minimum Gasteiger partial charge on any atom is -0.345 e. The summed E-state index contributed by atoms with van der Waals surface area (Å²) in [5, 5.41) is 0. The molecule has 3 nitrogen and oxygen atoms in total. The van der Waals surface area contributed by atoms with Crippen LogP contribution in [0.2, 0.25) is 0 Å². The molecule has 1 heterocycles. The maximum Gasteiger partial charge on any atom is 0.416 e. The van der Waals surface area contributed by atoms with Gasteiger partial charge in [-0.1, -0.05) is 43.7 Å². The van der Waals surface area contributed by atoms with Crippen LogP contribution in [0.25, 0.3) is 0 Å². The Hall–Kier alpha value is -3.02. The molecular formula is C26H29F3N2O. The lowest BCUT2D eigenvalue weighted by Gasteiger charge is -2.32. The van der Waals surface area contributed by atoms with Gasteiger partial charge in [0.1, 0.15) is 0 Å². The topological polar surface area (TPSA) is 25.2 Å². The molecule has 170 valence electrons. The molecule has 0 radical (unpaired) electrons. The van der Waals surface area contributed by atoms with E-state index < -0.39 is 11.7 Å². The number of hydrogen-bond donors (Lipinski definition) is 0. The Morgan fingerprint density at radius 2 is 1.69 bits per heavy atom. The number of aromatic nitrogens is 1. The molecule has 1 unspecified atom stereocenters. The molecule has 32 heavy (non-hydrogen) atoms. The van der Waals surface area contributed by atoms with Gasteiger partial charge in [-0.2, -0.15) is 13.2 Å². The van der Waals surface area contributed by atoms with Gasteiger partial charge in [0.05, 0.1) is 12.1 Å². The minimum absolute atomic E-state index is 0.0906. The molecule has 0 fully saturated rings. The van der Waals surface area contributed by atoms with Gasteiger partial charge in [-0.25, -0.2) is 0 Å². The molecule has 3 rings (SSSR count). The first kappa shape index (κ1) is 23.6. The van der Waals surface area contributed by atoms with Crippen molar-refractivity contribution in [1.29, 1.82) is 0 Å². The van der Waals surface area contributed by atoms with Crippen LogP contribution in [-0.4, -0.2) is 21.4 Å². The maximum atomic E-state index is 13.3. The minimum atomic E-state index is -4.43. The first-order chi connectivity index (χ1) is 15.1. The van der Waals surface area contributed by atoms with Crippen molar-refractivity contribution in [2.45, 2.75) is 53.0 Å². The smallest absolute Gasteiger partial charge is 0.345 e. The summed E-state index contributed by atoms with van der Waals surface area (Å²) in [7, 11) is 0. The lowest BCUT2D eigenvalue weighted by Crippen LogP contribution is -2.41. The van der Waals surface area contributed by atoms with Gasteiger partial charge >= 0.3 is 6.18 Å². The molecule has 0 spiro atoms. The number of amides is 1. The van der Waals surface area contributed by atoms with E-state index in [2.05, 4.69) is 29.7 Å². The van der Waals surface area contributed by atoms with E-state index in [1.807, 2.05) is 45.2 Å². The molecule has 1 aromatic heterocycles. The number of carbonyl (C=O) groups is 1. The zero-order valence-electron chi connectivity index (χ0n) is 18.9. The van der Waals surface area contributed by atoms with Crippen LogP contribution in [0.3, 0.4) is 0 Å². The van der Waals surface area contributed by atoms with Crippen LogP contribution in [0.4, 0.5) is 13.2 Å². The lowest BCUT2D eigenvalue weighted by atomic mass is 10.0. The Morgan fingerprint density at radius 3 is 2.28 bits per heavy atom. The molecule has 0 aliphatic rings. The van der Waals surface area contributed by atoms with Crippen molar-refractivity contribution in [3.8, 4) is 0 Å². The van der Waals surface area contributed by atoms with Crippen molar-refractivity contribution in [1.82, 2.24) is 9.47 Å². The second-order valence-electron chi connectivity index (χ2n) is 8.61. The number of hydrogen-bond acceptors (Lipinski definition) is 1. The van der Waals surface area contributed by atoms with E-state index in [4.69, 9.17) is 0 Å². The van der Waals surface area contributed by atoms with Gasteiger partial charge in [0.2, 0.25) is 0 Å². The van der Waals surface area contributed by atoms with Gasteiger partial charge in [0.25, 0.3) is 5.91 Å². The van der Waals surface area contributed by atoms with Crippen LogP contribution in [0.15, 0.2) is 66.9 Å². The van der Waals surface area contributed by atoms with Crippen LogP contribution in [0.5, 0.6) is 0 Å². The van der Waals surface area contributed by atoms with E-state index in [1.165, 1.54) is 23.3 Å². The summed E-state index contributed by atoms with van der Waals surface area (Å²) in [5.74, 6) is -0.0863. The van der Waals surface area contributed by atoms with Gasteiger partial charge in [0, 0.05) is 30.0 Å². The SMILES string of the molecule is Cc1cccc(Cn2cccc2CN(C(=O)c2ccc(C(F)(F)F)cc2)C(C)C(C)C)c1. The average molecular weight is 443 g/mol. The Kier molecular flexibility index (Phi) is 7.12. The summed E-state index contributed by atoms with van der Waals surface area (Å²) >= 11 is 0. The molecule has 0 N–H and O–H groups in total. The Bertz CT molecular complexity index is 1050. The van der Waals surface area contributed by atoms with Gasteiger partial charge in [-0.05, 0) is 61.7 Å². The molecule has 3 aromatic rings. The summed E-state index contributed by atoms with van der Waals surface area (Å²) in [6, 6.07) is 16.6. The fourth-order valence-corrected chi connectivity index (χ4v) is 3.66. The molecule has 1 amide bonds. The fourth-order valence-electron chi connectivity index (χ4n) is 3.66. The largest absolute Gasteiger partial charge is 0.416 e. The van der Waals surface area contributed by atoms with Gasteiger partial charge < -0.3 is 9.47 Å². The van der Waals surface area contributed by atoms with E-state index in [0.29, 0.717) is 13.1 Å². The first-order valence-corrected chi connectivity index (χ1v) is 10.7. The summed E-state index contributed by atoms with van der Waals surface area (Å²) in [4.78, 5) is 15.1. The van der Waals surface area contributed by atoms with Gasteiger partial charge in [-0.3, -0.25) is 4.79 Å². The van der Waals surface area contributed by atoms with Crippen molar-refractivity contribution in [3.05, 3.63) is 94.8 Å². The van der Waals surface area contributed by atoms with E-state index >= 15 is 0 Å². The van der Waals surface area contributed by atoms with Crippen molar-refractivity contribution in [2.75, 3.05) is 0 Å². The normalized spacial score (nSPS) is 12.8. The number of alkyl halides is 3. The number of rotatable bonds is 7. The summed E-state index contributed by atoms with van der Waals surface area (Å²) in [5.41, 5.74) is 2.81. The second-order valence-corrected chi connectivity index (χ2v) is 8.61. The Labute approximate surface area is 187 Å². The van der Waals surface area contributed by atoms with Gasteiger partial charge in [0.15, 0.2) is 0 Å². The highest BCUT2D eigenvalue weighted by atomic mass is 19.4. The van der Waals surface area contributed by atoms with Gasteiger partial charge in [-0.15, -0.1) is 0 Å². The Balaban J connectivity index is 1.86. The quantitative estimate of drug-likeness (QED) is 0.407. The summed E-state index contributed by atoms with van der Waals surface area (Å²) in [6.07, 6.45) is -2.44. The lowest BCUT2D eigenvalue weighted by molar-refractivity contribution is -0.137. The highest BCUT2D eigenvalue weighted by molar-refractivity contribution is 5.94. The van der Waals surface area contributed by atoms with Crippen molar-refractivity contribution < 1.29 is 18.0 Å². The van der Waals surface area contributed by atoms with Crippen LogP contribution >= 0.6 is 0 Å². The third-order valence-corrected chi connectivity index (χ3v) is 5.87. The predicted octanol–water partition coefficient (Wildman–Crippen LogP) is 6.55. The second kappa shape index (κ2) is 9.63. The maximum absolute atomic E-state index is 13.3.